The molecule has 0 saturated carbocycles. The van der Waals surface area contributed by atoms with Gasteiger partial charge in [0.05, 0.1) is 16.3 Å². The second-order valence-electron chi connectivity index (χ2n) is 5.16. The number of carboxylic acid groups (broad SMARTS) is 1. The molecule has 3 aromatic rings. The van der Waals surface area contributed by atoms with Crippen molar-refractivity contribution in [1.29, 1.82) is 0 Å². The molecule has 0 saturated heterocycles. The summed E-state index contributed by atoms with van der Waals surface area (Å²) in [7, 11) is 0. The Morgan fingerprint density at radius 1 is 1.36 bits per heavy atom. The lowest BCUT2D eigenvalue weighted by Crippen LogP contribution is -2.27. The summed E-state index contributed by atoms with van der Waals surface area (Å²) < 4.78 is 17.5. The summed E-state index contributed by atoms with van der Waals surface area (Å²) in [6.07, 6.45) is 0. The summed E-state index contributed by atoms with van der Waals surface area (Å²) in [6.45, 7) is -0.533. The average molecular weight is 464 g/mol. The lowest BCUT2D eigenvalue weighted by molar-refractivity contribution is -0.137. The largest absolute Gasteiger partial charge is 0.480 e. The quantitative estimate of drug-likeness (QED) is 0.587. The maximum atomic E-state index is 14.1. The Morgan fingerprint density at radius 2 is 2.08 bits per heavy atom. The third-order valence-electron chi connectivity index (χ3n) is 3.50. The number of thiophene rings is 1. The van der Waals surface area contributed by atoms with Crippen LogP contribution in [-0.4, -0.2) is 20.2 Å². The molecule has 25 heavy (non-hydrogen) atoms. The van der Waals surface area contributed by atoms with Gasteiger partial charge >= 0.3 is 5.97 Å². The summed E-state index contributed by atoms with van der Waals surface area (Å²) in [5.41, 5.74) is -0.175. The minimum atomic E-state index is -1.11. The molecule has 10 heteroatoms. The van der Waals surface area contributed by atoms with E-state index in [1.54, 1.807) is 6.07 Å². The zero-order chi connectivity index (χ0) is 18.3. The van der Waals surface area contributed by atoms with E-state index in [4.69, 9.17) is 28.9 Å². The molecule has 1 aromatic carbocycles. The van der Waals surface area contributed by atoms with Crippen molar-refractivity contribution < 1.29 is 14.3 Å². The summed E-state index contributed by atoms with van der Waals surface area (Å²) in [6, 6.07) is 5.94. The van der Waals surface area contributed by atoms with Crippen molar-refractivity contribution in [2.45, 2.75) is 13.1 Å². The zero-order valence-electron chi connectivity index (χ0n) is 12.3. The van der Waals surface area contributed by atoms with E-state index in [1.165, 1.54) is 27.3 Å². The number of halogens is 3. The van der Waals surface area contributed by atoms with Gasteiger partial charge in [0.25, 0.3) is 5.56 Å². The number of aliphatic carboxylic acids is 1. The number of carboxylic acids is 1. The summed E-state index contributed by atoms with van der Waals surface area (Å²) >= 11 is 15.5. The Morgan fingerprint density at radius 3 is 2.72 bits per heavy atom. The molecular formula is C15H9BrClFN2O3S2. The van der Waals surface area contributed by atoms with Crippen LogP contribution in [0.25, 0.3) is 10.2 Å². The first-order valence-electron chi connectivity index (χ1n) is 6.86. The standard InChI is InChI=1S/C15H9BrClFN2O3S2/c16-8-2-1-7(10(18)3-8)5-19-13(23)9-4-11(17)25-14(9)20(15(19)24)6-12(21)22/h1-4H,5-6H2,(H,21,22). The number of nitrogens with zero attached hydrogens (tertiary/aromatic N) is 2. The van der Waals surface area contributed by atoms with Crippen LogP contribution in [0.3, 0.4) is 0 Å². The predicted octanol–water partition coefficient (Wildman–Crippen LogP) is 4.28. The molecule has 0 spiro atoms. The maximum Gasteiger partial charge on any atom is 0.323 e. The lowest BCUT2D eigenvalue weighted by Gasteiger charge is -2.13. The molecular weight excluding hydrogens is 455 g/mol. The van der Waals surface area contributed by atoms with E-state index in [1.807, 2.05) is 0 Å². The molecule has 2 aromatic heterocycles. The molecule has 0 aliphatic heterocycles. The van der Waals surface area contributed by atoms with Crippen LogP contribution in [-0.2, 0) is 17.9 Å². The van der Waals surface area contributed by atoms with Crippen LogP contribution in [0.5, 0.6) is 0 Å². The number of carbonyl (C=O) groups is 1. The van der Waals surface area contributed by atoms with Gasteiger partial charge < -0.3 is 5.11 Å². The number of hydrogen-bond acceptors (Lipinski definition) is 4. The summed E-state index contributed by atoms with van der Waals surface area (Å²) in [5, 5.41) is 9.39. The first-order valence-corrected chi connectivity index (χ1v) is 9.26. The van der Waals surface area contributed by atoms with Gasteiger partial charge in [0, 0.05) is 10.0 Å². The normalized spacial score (nSPS) is 11.2. The molecule has 0 amide bonds. The van der Waals surface area contributed by atoms with Crippen LogP contribution in [0.15, 0.2) is 33.5 Å². The van der Waals surface area contributed by atoms with Gasteiger partial charge in [-0.1, -0.05) is 33.6 Å². The molecule has 5 nitrogen and oxygen atoms in total. The third-order valence-corrected chi connectivity index (χ3v) is 5.72. The van der Waals surface area contributed by atoms with E-state index in [0.717, 1.165) is 11.3 Å². The van der Waals surface area contributed by atoms with Crippen molar-refractivity contribution in [2.24, 2.45) is 0 Å². The van der Waals surface area contributed by atoms with Gasteiger partial charge in [0.15, 0.2) is 4.77 Å². The first-order chi connectivity index (χ1) is 11.8. The fourth-order valence-corrected chi connectivity index (χ4v) is 4.31. The van der Waals surface area contributed by atoms with Crippen molar-refractivity contribution in [3.63, 3.8) is 0 Å². The van der Waals surface area contributed by atoms with Gasteiger partial charge in [-0.2, -0.15) is 0 Å². The van der Waals surface area contributed by atoms with E-state index < -0.39 is 23.9 Å². The Hall–Kier alpha value is -1.55. The van der Waals surface area contributed by atoms with Crippen molar-refractivity contribution in [1.82, 2.24) is 9.13 Å². The minimum absolute atomic E-state index is 0.000681. The van der Waals surface area contributed by atoms with E-state index >= 15 is 0 Å². The Labute approximate surface area is 163 Å². The van der Waals surface area contributed by atoms with E-state index in [9.17, 15) is 14.0 Å². The van der Waals surface area contributed by atoms with Crippen LogP contribution in [0.2, 0.25) is 4.34 Å². The molecule has 0 bridgehead atoms. The van der Waals surface area contributed by atoms with Crippen molar-refractivity contribution in [2.75, 3.05) is 0 Å². The van der Waals surface area contributed by atoms with Gasteiger partial charge in [-0.05, 0) is 30.4 Å². The van der Waals surface area contributed by atoms with Gasteiger partial charge in [0.2, 0.25) is 0 Å². The molecule has 0 fully saturated rings. The smallest absolute Gasteiger partial charge is 0.323 e. The number of rotatable bonds is 4. The highest BCUT2D eigenvalue weighted by Crippen LogP contribution is 2.28. The topological polar surface area (TPSA) is 64.2 Å². The van der Waals surface area contributed by atoms with Gasteiger partial charge in [-0.15, -0.1) is 11.3 Å². The molecule has 0 atom stereocenters. The maximum absolute atomic E-state index is 14.1. The summed E-state index contributed by atoms with van der Waals surface area (Å²) in [5.74, 6) is -1.61. The predicted molar refractivity (Wildman–Crippen MR) is 101 cm³/mol. The lowest BCUT2D eigenvalue weighted by atomic mass is 10.2. The van der Waals surface area contributed by atoms with Crippen LogP contribution in [0.1, 0.15) is 5.56 Å². The molecule has 0 radical (unpaired) electrons. The fraction of sp³-hybridized carbons (Fsp3) is 0.133. The van der Waals surface area contributed by atoms with Crippen LogP contribution in [0.4, 0.5) is 4.39 Å². The molecule has 130 valence electrons. The average Bonchev–Trinajstić information content (AvgIpc) is 2.91. The van der Waals surface area contributed by atoms with Crippen molar-refractivity contribution in [3.05, 3.63) is 59.6 Å². The van der Waals surface area contributed by atoms with E-state index in [2.05, 4.69) is 15.9 Å². The molecule has 0 aliphatic carbocycles. The first kappa shape index (κ1) is 18.2. The van der Waals surface area contributed by atoms with Crippen LogP contribution in [0, 0.1) is 10.6 Å². The Kier molecular flexibility index (Phi) is 5.10. The monoisotopic (exact) mass is 462 g/mol. The van der Waals surface area contributed by atoms with Crippen molar-refractivity contribution >= 4 is 67.3 Å². The molecule has 2 heterocycles. The van der Waals surface area contributed by atoms with E-state index in [0.29, 0.717) is 13.6 Å². The Balaban J connectivity index is 2.25. The van der Waals surface area contributed by atoms with Gasteiger partial charge in [-0.25, -0.2) is 4.39 Å². The van der Waals surface area contributed by atoms with Gasteiger partial charge in [-0.3, -0.25) is 18.7 Å². The van der Waals surface area contributed by atoms with Crippen molar-refractivity contribution in [3.8, 4) is 0 Å². The SMILES string of the molecule is O=C(O)Cn1c(=S)n(Cc2ccc(Br)cc2F)c(=O)c2cc(Cl)sc21. The molecule has 1 N–H and O–H groups in total. The molecule has 3 rings (SSSR count). The number of aromatic nitrogens is 2. The van der Waals surface area contributed by atoms with Crippen LogP contribution >= 0.6 is 51.1 Å². The number of benzene rings is 1. The molecule has 0 unspecified atom stereocenters. The second-order valence-corrected chi connectivity index (χ2v) is 8.10. The third kappa shape index (κ3) is 3.55. The van der Waals surface area contributed by atoms with Gasteiger partial charge in [0.1, 0.15) is 17.2 Å². The van der Waals surface area contributed by atoms with Crippen LogP contribution < -0.4 is 5.56 Å². The molecule has 0 aliphatic rings. The zero-order valence-corrected chi connectivity index (χ0v) is 16.3. The number of fused-ring (bicyclic) bond motifs is 1. The highest BCUT2D eigenvalue weighted by molar-refractivity contribution is 9.10. The highest BCUT2D eigenvalue weighted by atomic mass is 79.9. The minimum Gasteiger partial charge on any atom is -0.480 e. The Bertz CT molecular complexity index is 1120. The summed E-state index contributed by atoms with van der Waals surface area (Å²) in [4.78, 5) is 24.3. The number of hydrogen-bond donors (Lipinski definition) is 1. The fourth-order valence-electron chi connectivity index (χ4n) is 2.40. The highest BCUT2D eigenvalue weighted by Gasteiger charge is 2.17. The van der Waals surface area contributed by atoms with E-state index in [-0.39, 0.29) is 22.3 Å². The second kappa shape index (κ2) is 6.99.